The van der Waals surface area contributed by atoms with Gasteiger partial charge in [0, 0.05) is 19.0 Å². The number of aromatic nitrogens is 2. The van der Waals surface area contributed by atoms with Crippen LogP contribution in [0.2, 0.25) is 0 Å². The Morgan fingerprint density at radius 1 is 1.38 bits per heavy atom. The minimum Gasteiger partial charge on any atom is -0.391 e. The molecule has 110 valence electrons. The van der Waals surface area contributed by atoms with Gasteiger partial charge in [0.2, 0.25) is 5.90 Å². The summed E-state index contributed by atoms with van der Waals surface area (Å²) in [4.78, 5) is 10.3. The van der Waals surface area contributed by atoms with Crippen LogP contribution in [0.4, 0.5) is 0 Å². The van der Waals surface area contributed by atoms with Gasteiger partial charge in [0.25, 0.3) is 0 Å². The molecule has 2 N–H and O–H groups in total. The van der Waals surface area contributed by atoms with Crippen LogP contribution in [0.3, 0.4) is 0 Å². The van der Waals surface area contributed by atoms with Crippen molar-refractivity contribution in [3.8, 4) is 0 Å². The first kappa shape index (κ1) is 12.8. The van der Waals surface area contributed by atoms with Crippen LogP contribution in [0, 0.1) is 12.8 Å². The summed E-state index contributed by atoms with van der Waals surface area (Å²) in [6, 6.07) is 6.34. The molecule has 1 fully saturated rings. The van der Waals surface area contributed by atoms with Gasteiger partial charge in [-0.15, -0.1) is 5.48 Å². The molecule has 21 heavy (non-hydrogen) atoms. The van der Waals surface area contributed by atoms with E-state index in [1.54, 1.807) is 0 Å². The molecule has 0 amide bonds. The van der Waals surface area contributed by atoms with E-state index < -0.39 is 0 Å². The molecule has 3 heterocycles. The third-order valence-corrected chi connectivity index (χ3v) is 4.32. The summed E-state index contributed by atoms with van der Waals surface area (Å²) in [6.45, 7) is 4.02. The normalized spacial score (nSPS) is 25.3. The highest BCUT2D eigenvalue weighted by Crippen LogP contribution is 2.27. The molecule has 6 heteroatoms. The van der Waals surface area contributed by atoms with Gasteiger partial charge in [-0.25, -0.2) is 4.99 Å². The van der Waals surface area contributed by atoms with E-state index in [0.717, 1.165) is 42.2 Å². The van der Waals surface area contributed by atoms with E-state index in [0.29, 0.717) is 5.92 Å². The van der Waals surface area contributed by atoms with Crippen LogP contribution in [0.5, 0.6) is 0 Å². The molecule has 6 nitrogen and oxygen atoms in total. The largest absolute Gasteiger partial charge is 0.391 e. The van der Waals surface area contributed by atoms with Crippen LogP contribution in [-0.4, -0.2) is 28.8 Å². The maximum Gasteiger partial charge on any atom is 0.215 e. The summed E-state index contributed by atoms with van der Waals surface area (Å²) in [5.74, 6) is 1.22. The zero-order chi connectivity index (χ0) is 14.4. The molecule has 0 spiro atoms. The van der Waals surface area contributed by atoms with Crippen LogP contribution in [0.15, 0.2) is 23.2 Å². The van der Waals surface area contributed by atoms with Gasteiger partial charge in [0.15, 0.2) is 6.17 Å². The first-order chi connectivity index (χ1) is 10.2. The van der Waals surface area contributed by atoms with Crippen LogP contribution in [0.1, 0.15) is 23.8 Å². The van der Waals surface area contributed by atoms with Crippen molar-refractivity contribution in [1.82, 2.24) is 20.6 Å². The van der Waals surface area contributed by atoms with E-state index in [4.69, 9.17) is 9.83 Å². The Morgan fingerprint density at radius 2 is 2.29 bits per heavy atom. The average molecular weight is 285 g/mol. The maximum atomic E-state index is 5.59. The number of benzene rings is 1. The molecule has 2 unspecified atom stereocenters. The van der Waals surface area contributed by atoms with Gasteiger partial charge in [0.1, 0.15) is 0 Å². The summed E-state index contributed by atoms with van der Waals surface area (Å²) >= 11 is 0. The zero-order valence-corrected chi connectivity index (χ0v) is 12.3. The lowest BCUT2D eigenvalue weighted by molar-refractivity contribution is 0.169. The Kier molecular flexibility index (Phi) is 2.94. The monoisotopic (exact) mass is 285 g/mol. The van der Waals surface area contributed by atoms with Gasteiger partial charge < -0.3 is 10.2 Å². The van der Waals surface area contributed by atoms with E-state index in [1.807, 2.05) is 18.7 Å². The highest BCUT2D eigenvalue weighted by Gasteiger charge is 2.29. The number of aliphatic imine (C=N–C) groups is 1. The molecule has 2 aliphatic heterocycles. The number of aryl methyl sites for hydroxylation is 2. The molecule has 0 aliphatic carbocycles. The molecule has 2 aromatic rings. The zero-order valence-electron chi connectivity index (χ0n) is 12.3. The van der Waals surface area contributed by atoms with E-state index >= 15 is 0 Å². The fourth-order valence-electron chi connectivity index (χ4n) is 3.12. The molecule has 0 bridgehead atoms. The number of hydrogen-bond acceptors (Lipinski definition) is 5. The lowest BCUT2D eigenvalue weighted by Crippen LogP contribution is -2.21. The van der Waals surface area contributed by atoms with Gasteiger partial charge >= 0.3 is 0 Å². The molecular formula is C15H19N5O. The minimum absolute atomic E-state index is 0.125. The standard InChI is InChI=1S/C15H19N5O/c1-9-12-4-3-10(7-13(12)20(2)18-9)14-17-15(21-19-14)11-5-6-16-8-11/h3-4,7,11,14,16,19H,5-6,8H2,1-2H3. The lowest BCUT2D eigenvalue weighted by atomic mass is 10.1. The first-order valence-electron chi connectivity index (χ1n) is 7.36. The molecular weight excluding hydrogens is 266 g/mol. The summed E-state index contributed by atoms with van der Waals surface area (Å²) in [5.41, 5.74) is 6.31. The molecule has 0 radical (unpaired) electrons. The Bertz CT molecular complexity index is 714. The predicted octanol–water partition coefficient (Wildman–Crippen LogP) is 1.42. The number of nitrogens with one attached hydrogen (secondary N) is 2. The summed E-state index contributed by atoms with van der Waals surface area (Å²) in [6.07, 6.45) is 0.966. The summed E-state index contributed by atoms with van der Waals surface area (Å²) in [5, 5.41) is 8.98. The van der Waals surface area contributed by atoms with Crippen molar-refractivity contribution in [2.24, 2.45) is 18.0 Å². The number of rotatable bonds is 2. The Balaban J connectivity index is 1.66. The highest BCUT2D eigenvalue weighted by atomic mass is 16.7. The lowest BCUT2D eigenvalue weighted by Gasteiger charge is -2.07. The molecule has 1 saturated heterocycles. The topological polar surface area (TPSA) is 63.5 Å². The molecule has 2 atom stereocenters. The quantitative estimate of drug-likeness (QED) is 0.876. The van der Waals surface area contributed by atoms with Crippen LogP contribution >= 0.6 is 0 Å². The summed E-state index contributed by atoms with van der Waals surface area (Å²) in [7, 11) is 1.97. The number of fused-ring (bicyclic) bond motifs is 1. The first-order valence-corrected chi connectivity index (χ1v) is 7.36. The average Bonchev–Trinajstić information content (AvgIpc) is 3.20. The van der Waals surface area contributed by atoms with Gasteiger partial charge in [0.05, 0.1) is 17.1 Å². The Morgan fingerprint density at radius 3 is 3.10 bits per heavy atom. The van der Waals surface area contributed by atoms with Crippen molar-refractivity contribution < 1.29 is 4.84 Å². The molecule has 4 rings (SSSR count). The molecule has 1 aromatic carbocycles. The molecule has 1 aromatic heterocycles. The second kappa shape index (κ2) is 4.82. The third kappa shape index (κ3) is 2.11. The molecule has 0 saturated carbocycles. The van der Waals surface area contributed by atoms with Crippen LogP contribution in [0.25, 0.3) is 10.9 Å². The fourth-order valence-corrected chi connectivity index (χ4v) is 3.12. The van der Waals surface area contributed by atoms with E-state index in [2.05, 4.69) is 34.1 Å². The van der Waals surface area contributed by atoms with Gasteiger partial charge in [-0.2, -0.15) is 5.10 Å². The van der Waals surface area contributed by atoms with Crippen LogP contribution < -0.4 is 10.8 Å². The maximum absolute atomic E-state index is 5.59. The Hall–Kier alpha value is -1.92. The second-order valence-corrected chi connectivity index (χ2v) is 5.77. The third-order valence-electron chi connectivity index (χ3n) is 4.32. The van der Waals surface area contributed by atoms with Gasteiger partial charge in [-0.3, -0.25) is 4.68 Å². The number of hydroxylamine groups is 1. The highest BCUT2D eigenvalue weighted by molar-refractivity contribution is 5.83. The van der Waals surface area contributed by atoms with Crippen molar-refractivity contribution in [3.63, 3.8) is 0 Å². The van der Waals surface area contributed by atoms with Crippen molar-refractivity contribution in [1.29, 1.82) is 0 Å². The Labute approximate surface area is 123 Å². The fraction of sp³-hybridized carbons (Fsp3) is 0.467. The minimum atomic E-state index is -0.125. The van der Waals surface area contributed by atoms with Crippen LogP contribution in [-0.2, 0) is 11.9 Å². The molecule has 2 aliphatic rings. The second-order valence-electron chi connectivity index (χ2n) is 5.77. The van der Waals surface area contributed by atoms with E-state index in [9.17, 15) is 0 Å². The number of hydrogen-bond donors (Lipinski definition) is 2. The van der Waals surface area contributed by atoms with Crippen molar-refractivity contribution in [3.05, 3.63) is 29.5 Å². The van der Waals surface area contributed by atoms with Crippen molar-refractivity contribution in [2.75, 3.05) is 13.1 Å². The number of nitrogens with zero attached hydrogens (tertiary/aromatic N) is 3. The summed E-state index contributed by atoms with van der Waals surface area (Å²) < 4.78 is 1.91. The van der Waals surface area contributed by atoms with Gasteiger partial charge in [-0.1, -0.05) is 12.1 Å². The van der Waals surface area contributed by atoms with Gasteiger partial charge in [-0.05, 0) is 31.5 Å². The predicted molar refractivity (Wildman–Crippen MR) is 80.8 cm³/mol. The smallest absolute Gasteiger partial charge is 0.215 e. The SMILES string of the molecule is Cc1nn(C)c2cc(C3N=C(C4CCNC4)ON3)ccc12. The van der Waals surface area contributed by atoms with E-state index in [-0.39, 0.29) is 6.17 Å². The van der Waals surface area contributed by atoms with Crippen molar-refractivity contribution in [2.45, 2.75) is 19.5 Å². The van der Waals surface area contributed by atoms with Crippen molar-refractivity contribution >= 4 is 16.8 Å². The van der Waals surface area contributed by atoms with E-state index in [1.165, 1.54) is 5.39 Å².